The van der Waals surface area contributed by atoms with Gasteiger partial charge in [-0.3, -0.25) is 9.59 Å². The van der Waals surface area contributed by atoms with Gasteiger partial charge >= 0.3 is 0 Å². The molecule has 136 valence electrons. The molecule has 4 heteroatoms. The molecule has 2 amide bonds. The Morgan fingerprint density at radius 2 is 1.44 bits per heavy atom. The number of hydrogen-bond donors (Lipinski definition) is 2. The van der Waals surface area contributed by atoms with Gasteiger partial charge in [0.15, 0.2) is 0 Å². The molecule has 2 N–H and O–H groups in total. The summed E-state index contributed by atoms with van der Waals surface area (Å²) in [6.07, 6.45) is 0.876. The van der Waals surface area contributed by atoms with E-state index in [1.54, 1.807) is 36.4 Å². The average Bonchev–Trinajstić information content (AvgIpc) is 2.73. The highest BCUT2D eigenvalue weighted by molar-refractivity contribution is 6.05. The second kappa shape index (κ2) is 8.81. The molecular weight excluding hydrogens is 336 g/mol. The van der Waals surface area contributed by atoms with Crippen molar-refractivity contribution >= 4 is 17.5 Å². The zero-order valence-corrected chi connectivity index (χ0v) is 15.2. The van der Waals surface area contributed by atoms with E-state index in [0.29, 0.717) is 23.4 Å². The molecule has 0 unspecified atom stereocenters. The lowest BCUT2D eigenvalue weighted by atomic mass is 10.0. The minimum Gasteiger partial charge on any atom is -0.352 e. The van der Waals surface area contributed by atoms with Gasteiger partial charge in [0.05, 0.1) is 0 Å². The molecule has 27 heavy (non-hydrogen) atoms. The van der Waals surface area contributed by atoms with Crippen LogP contribution in [-0.2, 0) is 0 Å². The predicted molar refractivity (Wildman–Crippen MR) is 109 cm³/mol. The standard InChI is InChI=1S/C23H22N2O2/c1-2-15-24-22(26)20-9-6-10-21(16-20)25-23(27)19-13-11-18(12-14-19)17-7-4-3-5-8-17/h3-14,16H,2,15H2,1H3,(H,24,26)(H,25,27). The van der Waals surface area contributed by atoms with Crippen molar-refractivity contribution in [3.05, 3.63) is 90.0 Å². The minimum absolute atomic E-state index is 0.139. The molecule has 3 rings (SSSR count). The Morgan fingerprint density at radius 1 is 0.741 bits per heavy atom. The summed E-state index contributed by atoms with van der Waals surface area (Å²) in [5.74, 6) is -0.346. The Balaban J connectivity index is 1.69. The number of amides is 2. The molecule has 0 aromatic heterocycles. The van der Waals surface area contributed by atoms with E-state index in [9.17, 15) is 9.59 Å². The summed E-state index contributed by atoms with van der Waals surface area (Å²) in [6.45, 7) is 2.63. The Hall–Kier alpha value is -3.40. The number of nitrogens with one attached hydrogen (secondary N) is 2. The van der Waals surface area contributed by atoms with Crippen molar-refractivity contribution in [3.8, 4) is 11.1 Å². The summed E-state index contributed by atoms with van der Waals surface area (Å²) in [7, 11) is 0. The van der Waals surface area contributed by atoms with Crippen LogP contribution < -0.4 is 10.6 Å². The molecule has 3 aromatic rings. The van der Waals surface area contributed by atoms with Crippen LogP contribution in [0.3, 0.4) is 0 Å². The largest absolute Gasteiger partial charge is 0.352 e. The molecule has 0 bridgehead atoms. The van der Waals surface area contributed by atoms with E-state index in [-0.39, 0.29) is 11.8 Å². The normalized spacial score (nSPS) is 10.3. The lowest BCUT2D eigenvalue weighted by Gasteiger charge is -2.09. The molecule has 0 aliphatic rings. The fourth-order valence-electron chi connectivity index (χ4n) is 2.73. The molecule has 0 aliphatic heterocycles. The van der Waals surface area contributed by atoms with Gasteiger partial charge in [0, 0.05) is 23.4 Å². The van der Waals surface area contributed by atoms with Gasteiger partial charge in [-0.15, -0.1) is 0 Å². The maximum Gasteiger partial charge on any atom is 0.255 e. The number of carbonyl (C=O) groups is 2. The molecule has 0 radical (unpaired) electrons. The van der Waals surface area contributed by atoms with E-state index < -0.39 is 0 Å². The molecule has 0 spiro atoms. The average molecular weight is 358 g/mol. The summed E-state index contributed by atoms with van der Waals surface area (Å²) in [5, 5.41) is 5.68. The number of benzene rings is 3. The van der Waals surface area contributed by atoms with Crippen LogP contribution in [-0.4, -0.2) is 18.4 Å². The van der Waals surface area contributed by atoms with Gasteiger partial charge in [-0.2, -0.15) is 0 Å². The van der Waals surface area contributed by atoms with Crippen molar-refractivity contribution in [2.45, 2.75) is 13.3 Å². The first-order valence-electron chi connectivity index (χ1n) is 9.02. The van der Waals surface area contributed by atoms with Crippen LogP contribution in [0.4, 0.5) is 5.69 Å². The second-order valence-electron chi connectivity index (χ2n) is 6.23. The van der Waals surface area contributed by atoms with Crippen LogP contribution >= 0.6 is 0 Å². The van der Waals surface area contributed by atoms with Gasteiger partial charge in [-0.25, -0.2) is 0 Å². The molecule has 4 nitrogen and oxygen atoms in total. The maximum atomic E-state index is 12.5. The third-order valence-electron chi connectivity index (χ3n) is 4.17. The van der Waals surface area contributed by atoms with Gasteiger partial charge < -0.3 is 10.6 Å². The highest BCUT2D eigenvalue weighted by Crippen LogP contribution is 2.20. The molecule has 0 heterocycles. The SMILES string of the molecule is CCCNC(=O)c1cccc(NC(=O)c2ccc(-c3ccccc3)cc2)c1. The third kappa shape index (κ3) is 4.82. The predicted octanol–water partition coefficient (Wildman–Crippen LogP) is 4.75. The molecule has 0 atom stereocenters. The fourth-order valence-corrected chi connectivity index (χ4v) is 2.73. The lowest BCUT2D eigenvalue weighted by molar-refractivity contribution is 0.0952. The number of anilines is 1. The monoisotopic (exact) mass is 358 g/mol. The van der Waals surface area contributed by atoms with E-state index in [0.717, 1.165) is 17.5 Å². The van der Waals surface area contributed by atoms with Crippen LogP contribution in [0.2, 0.25) is 0 Å². The minimum atomic E-state index is -0.208. The number of carbonyl (C=O) groups excluding carboxylic acids is 2. The Kier molecular flexibility index (Phi) is 6.00. The zero-order chi connectivity index (χ0) is 19.1. The highest BCUT2D eigenvalue weighted by atomic mass is 16.2. The first-order chi connectivity index (χ1) is 13.2. The van der Waals surface area contributed by atoms with Crippen LogP contribution in [0.5, 0.6) is 0 Å². The van der Waals surface area contributed by atoms with E-state index in [1.807, 2.05) is 49.4 Å². The van der Waals surface area contributed by atoms with Crippen LogP contribution in [0.15, 0.2) is 78.9 Å². The summed E-state index contributed by atoms with van der Waals surface area (Å²) >= 11 is 0. The van der Waals surface area contributed by atoms with E-state index in [2.05, 4.69) is 10.6 Å². The maximum absolute atomic E-state index is 12.5. The number of hydrogen-bond acceptors (Lipinski definition) is 2. The summed E-state index contributed by atoms with van der Waals surface area (Å²) in [6, 6.07) is 24.4. The molecule has 3 aromatic carbocycles. The van der Waals surface area contributed by atoms with Gasteiger partial charge in [0.2, 0.25) is 0 Å². The quantitative estimate of drug-likeness (QED) is 0.668. The van der Waals surface area contributed by atoms with E-state index in [1.165, 1.54) is 0 Å². The van der Waals surface area contributed by atoms with E-state index >= 15 is 0 Å². The van der Waals surface area contributed by atoms with Crippen molar-refractivity contribution in [3.63, 3.8) is 0 Å². The first-order valence-corrected chi connectivity index (χ1v) is 9.02. The number of rotatable bonds is 6. The Bertz CT molecular complexity index is 919. The summed E-state index contributed by atoms with van der Waals surface area (Å²) in [4.78, 5) is 24.6. The fraction of sp³-hybridized carbons (Fsp3) is 0.130. The first kappa shape index (κ1) is 18.4. The van der Waals surface area contributed by atoms with Gasteiger partial charge in [-0.05, 0) is 47.9 Å². The van der Waals surface area contributed by atoms with Gasteiger partial charge in [-0.1, -0.05) is 55.5 Å². The van der Waals surface area contributed by atoms with Crippen molar-refractivity contribution in [1.29, 1.82) is 0 Å². The molecule has 0 aliphatic carbocycles. The van der Waals surface area contributed by atoms with E-state index in [4.69, 9.17) is 0 Å². The molecular formula is C23H22N2O2. The van der Waals surface area contributed by atoms with Crippen LogP contribution in [0.25, 0.3) is 11.1 Å². The Morgan fingerprint density at radius 3 is 2.15 bits per heavy atom. The van der Waals surface area contributed by atoms with Crippen molar-refractivity contribution < 1.29 is 9.59 Å². The van der Waals surface area contributed by atoms with Crippen LogP contribution in [0.1, 0.15) is 34.1 Å². The molecule has 0 saturated heterocycles. The second-order valence-corrected chi connectivity index (χ2v) is 6.23. The van der Waals surface area contributed by atoms with Crippen molar-refractivity contribution in [2.75, 3.05) is 11.9 Å². The van der Waals surface area contributed by atoms with Gasteiger partial charge in [0.1, 0.15) is 0 Å². The van der Waals surface area contributed by atoms with Crippen molar-refractivity contribution in [2.24, 2.45) is 0 Å². The Labute approximate surface area is 159 Å². The zero-order valence-electron chi connectivity index (χ0n) is 15.2. The summed E-state index contributed by atoms with van der Waals surface area (Å²) in [5.41, 5.74) is 3.85. The third-order valence-corrected chi connectivity index (χ3v) is 4.17. The topological polar surface area (TPSA) is 58.2 Å². The lowest BCUT2D eigenvalue weighted by Crippen LogP contribution is -2.24. The molecule has 0 saturated carbocycles. The smallest absolute Gasteiger partial charge is 0.255 e. The van der Waals surface area contributed by atoms with Crippen LogP contribution in [0, 0.1) is 0 Å². The highest BCUT2D eigenvalue weighted by Gasteiger charge is 2.09. The summed E-state index contributed by atoms with van der Waals surface area (Å²) < 4.78 is 0. The van der Waals surface area contributed by atoms with Crippen molar-refractivity contribution in [1.82, 2.24) is 5.32 Å². The van der Waals surface area contributed by atoms with Gasteiger partial charge in [0.25, 0.3) is 11.8 Å². The molecule has 0 fully saturated rings.